The Balaban J connectivity index is 1.52. The minimum absolute atomic E-state index is 0.0701. The molecule has 3 heterocycles. The van der Waals surface area contributed by atoms with E-state index in [4.69, 9.17) is 0 Å². The summed E-state index contributed by atoms with van der Waals surface area (Å²) in [6, 6.07) is 11.9. The van der Waals surface area contributed by atoms with Crippen molar-refractivity contribution >= 4 is 5.91 Å². The van der Waals surface area contributed by atoms with Crippen molar-refractivity contribution in [2.45, 2.75) is 19.8 Å². The van der Waals surface area contributed by atoms with Gasteiger partial charge in [-0.05, 0) is 62.9 Å². The highest BCUT2D eigenvalue weighted by molar-refractivity contribution is 5.92. The van der Waals surface area contributed by atoms with E-state index in [9.17, 15) is 4.79 Å². The van der Waals surface area contributed by atoms with Gasteiger partial charge in [-0.1, -0.05) is 18.2 Å². The minimum Gasteiger partial charge on any atom is -0.337 e. The van der Waals surface area contributed by atoms with Gasteiger partial charge in [0.15, 0.2) is 5.69 Å². The molecule has 4 rings (SSSR count). The standard InChI is InChI=1S/C19H24N4O/c1-14-11-18(21-23(14)17-5-3-2-4-6-17)19(24)22-9-7-15-12-20-13-16(15)8-10-22/h2-6,11,15-16,20H,7-10,12-13H2,1H3/t15-,16+. The number of hydrogen-bond acceptors (Lipinski definition) is 3. The Bertz CT molecular complexity index is 710. The summed E-state index contributed by atoms with van der Waals surface area (Å²) in [7, 11) is 0. The number of nitrogens with zero attached hydrogens (tertiary/aromatic N) is 3. The summed E-state index contributed by atoms with van der Waals surface area (Å²) in [5.41, 5.74) is 2.53. The van der Waals surface area contributed by atoms with Crippen molar-refractivity contribution in [2.75, 3.05) is 26.2 Å². The third-order valence-electron chi connectivity index (χ3n) is 5.41. The van der Waals surface area contributed by atoms with Gasteiger partial charge in [-0.25, -0.2) is 4.68 Å². The van der Waals surface area contributed by atoms with Crippen LogP contribution in [0.4, 0.5) is 0 Å². The Hall–Kier alpha value is -2.14. The molecule has 1 N–H and O–H groups in total. The molecular formula is C19H24N4O. The van der Waals surface area contributed by atoms with Gasteiger partial charge in [0.2, 0.25) is 0 Å². The summed E-state index contributed by atoms with van der Waals surface area (Å²) in [4.78, 5) is 14.9. The number of para-hydroxylation sites is 1. The number of amides is 1. The average Bonchev–Trinajstić information content (AvgIpc) is 3.17. The molecule has 0 bridgehead atoms. The Morgan fingerprint density at radius 2 is 1.79 bits per heavy atom. The Kier molecular flexibility index (Phi) is 4.10. The zero-order valence-corrected chi connectivity index (χ0v) is 14.1. The summed E-state index contributed by atoms with van der Waals surface area (Å²) in [5, 5.41) is 8.05. The number of rotatable bonds is 2. The lowest BCUT2D eigenvalue weighted by molar-refractivity contribution is 0.0752. The maximum Gasteiger partial charge on any atom is 0.274 e. The highest BCUT2D eigenvalue weighted by Crippen LogP contribution is 2.27. The molecule has 2 aliphatic rings. The molecule has 0 spiro atoms. The maximum atomic E-state index is 12.9. The molecule has 1 aromatic heterocycles. The zero-order valence-electron chi connectivity index (χ0n) is 14.1. The summed E-state index contributed by atoms with van der Waals surface area (Å²) >= 11 is 0. The zero-order chi connectivity index (χ0) is 16.5. The van der Waals surface area contributed by atoms with Crippen LogP contribution in [-0.4, -0.2) is 46.8 Å². The molecule has 1 aromatic carbocycles. The van der Waals surface area contributed by atoms with E-state index < -0.39 is 0 Å². The van der Waals surface area contributed by atoms with Crippen molar-refractivity contribution in [2.24, 2.45) is 11.8 Å². The third-order valence-corrected chi connectivity index (χ3v) is 5.41. The molecule has 0 aliphatic carbocycles. The van der Waals surface area contributed by atoms with Crippen molar-refractivity contribution < 1.29 is 4.79 Å². The van der Waals surface area contributed by atoms with Crippen LogP contribution in [0.25, 0.3) is 5.69 Å². The van der Waals surface area contributed by atoms with E-state index >= 15 is 0 Å². The first-order valence-corrected chi connectivity index (χ1v) is 8.84. The lowest BCUT2D eigenvalue weighted by atomic mass is 9.92. The number of nitrogens with one attached hydrogen (secondary N) is 1. The Morgan fingerprint density at radius 1 is 1.12 bits per heavy atom. The van der Waals surface area contributed by atoms with E-state index in [0.717, 1.165) is 62.2 Å². The molecule has 2 aromatic rings. The van der Waals surface area contributed by atoms with Gasteiger partial charge >= 0.3 is 0 Å². The molecule has 1 amide bonds. The van der Waals surface area contributed by atoms with Gasteiger partial charge in [-0.3, -0.25) is 4.79 Å². The van der Waals surface area contributed by atoms with E-state index in [1.165, 1.54) is 0 Å². The fourth-order valence-electron chi connectivity index (χ4n) is 3.99. The van der Waals surface area contributed by atoms with Crippen molar-refractivity contribution in [3.63, 3.8) is 0 Å². The molecule has 0 radical (unpaired) electrons. The summed E-state index contributed by atoms with van der Waals surface area (Å²) in [6.45, 7) is 5.90. The average molecular weight is 324 g/mol. The van der Waals surface area contributed by atoms with Crippen LogP contribution in [0.5, 0.6) is 0 Å². The van der Waals surface area contributed by atoms with Gasteiger partial charge in [-0.2, -0.15) is 5.10 Å². The van der Waals surface area contributed by atoms with E-state index in [1.807, 2.05) is 52.9 Å². The Labute approximate surface area is 142 Å². The number of aryl methyl sites for hydroxylation is 1. The lowest BCUT2D eigenvalue weighted by Gasteiger charge is -2.19. The number of carbonyl (C=O) groups is 1. The van der Waals surface area contributed by atoms with Gasteiger partial charge in [0.1, 0.15) is 0 Å². The van der Waals surface area contributed by atoms with E-state index in [-0.39, 0.29) is 5.91 Å². The van der Waals surface area contributed by atoms with Crippen molar-refractivity contribution in [3.05, 3.63) is 47.8 Å². The molecule has 5 nitrogen and oxygen atoms in total. The monoisotopic (exact) mass is 324 g/mol. The second kappa shape index (κ2) is 6.40. The van der Waals surface area contributed by atoms with Crippen LogP contribution in [-0.2, 0) is 0 Å². The first-order chi connectivity index (χ1) is 11.7. The molecular weight excluding hydrogens is 300 g/mol. The van der Waals surface area contributed by atoms with Crippen LogP contribution < -0.4 is 5.32 Å². The Morgan fingerprint density at radius 3 is 2.46 bits per heavy atom. The normalized spacial score (nSPS) is 23.8. The smallest absolute Gasteiger partial charge is 0.274 e. The molecule has 0 saturated carbocycles. The molecule has 2 atom stereocenters. The molecule has 5 heteroatoms. The fraction of sp³-hybridized carbons (Fsp3) is 0.474. The SMILES string of the molecule is Cc1cc(C(=O)N2CC[C@@H]3CNC[C@@H]3CC2)nn1-c1ccccc1. The van der Waals surface area contributed by atoms with Crippen molar-refractivity contribution in [3.8, 4) is 5.69 Å². The van der Waals surface area contributed by atoms with Crippen LogP contribution in [0, 0.1) is 18.8 Å². The van der Waals surface area contributed by atoms with Crippen molar-refractivity contribution in [1.29, 1.82) is 0 Å². The summed E-state index contributed by atoms with van der Waals surface area (Å²) in [5.74, 6) is 1.53. The third kappa shape index (κ3) is 2.84. The first-order valence-electron chi connectivity index (χ1n) is 8.84. The van der Waals surface area contributed by atoms with Crippen LogP contribution in [0.3, 0.4) is 0 Å². The molecule has 24 heavy (non-hydrogen) atoms. The van der Waals surface area contributed by atoms with E-state index in [0.29, 0.717) is 5.69 Å². The van der Waals surface area contributed by atoms with Gasteiger partial charge in [0, 0.05) is 18.8 Å². The highest BCUT2D eigenvalue weighted by atomic mass is 16.2. The topological polar surface area (TPSA) is 50.2 Å². The molecule has 2 fully saturated rings. The quantitative estimate of drug-likeness (QED) is 0.922. The van der Waals surface area contributed by atoms with Crippen LogP contribution in [0.15, 0.2) is 36.4 Å². The van der Waals surface area contributed by atoms with Crippen LogP contribution in [0.1, 0.15) is 29.0 Å². The molecule has 2 saturated heterocycles. The van der Waals surface area contributed by atoms with Crippen LogP contribution >= 0.6 is 0 Å². The second-order valence-corrected chi connectivity index (χ2v) is 6.97. The minimum atomic E-state index is 0.0701. The lowest BCUT2D eigenvalue weighted by Crippen LogP contribution is -2.33. The van der Waals surface area contributed by atoms with Gasteiger partial charge in [0.05, 0.1) is 5.69 Å². The van der Waals surface area contributed by atoms with E-state index in [1.54, 1.807) is 0 Å². The van der Waals surface area contributed by atoms with E-state index in [2.05, 4.69) is 10.4 Å². The fourth-order valence-corrected chi connectivity index (χ4v) is 3.99. The predicted molar refractivity (Wildman–Crippen MR) is 93.3 cm³/mol. The number of carbonyl (C=O) groups excluding carboxylic acids is 1. The molecule has 2 aliphatic heterocycles. The van der Waals surface area contributed by atoms with Crippen molar-refractivity contribution in [1.82, 2.24) is 20.0 Å². The number of benzene rings is 1. The van der Waals surface area contributed by atoms with Crippen LogP contribution in [0.2, 0.25) is 0 Å². The predicted octanol–water partition coefficient (Wildman–Crippen LogP) is 2.25. The van der Waals surface area contributed by atoms with Gasteiger partial charge in [-0.15, -0.1) is 0 Å². The highest BCUT2D eigenvalue weighted by Gasteiger charge is 2.32. The number of hydrogen-bond donors (Lipinski definition) is 1. The van der Waals surface area contributed by atoms with Gasteiger partial charge < -0.3 is 10.2 Å². The summed E-state index contributed by atoms with van der Waals surface area (Å²) in [6.07, 6.45) is 2.20. The number of likely N-dealkylation sites (tertiary alicyclic amines) is 1. The number of fused-ring (bicyclic) bond motifs is 1. The maximum absolute atomic E-state index is 12.9. The second-order valence-electron chi connectivity index (χ2n) is 6.97. The van der Waals surface area contributed by atoms with Gasteiger partial charge in [0.25, 0.3) is 5.91 Å². The molecule has 0 unspecified atom stereocenters. The molecule has 126 valence electrons. The first kappa shape index (κ1) is 15.4. The number of aromatic nitrogens is 2. The summed E-state index contributed by atoms with van der Waals surface area (Å²) < 4.78 is 1.85. The largest absolute Gasteiger partial charge is 0.337 e.